The van der Waals surface area contributed by atoms with E-state index < -0.39 is 0 Å². The van der Waals surface area contributed by atoms with Crippen molar-refractivity contribution in [1.82, 2.24) is 14.5 Å². The molecule has 1 aliphatic heterocycles. The fourth-order valence-corrected chi connectivity index (χ4v) is 4.56. The van der Waals surface area contributed by atoms with Crippen molar-refractivity contribution in [2.75, 3.05) is 6.54 Å². The number of unbranched alkanes of at least 4 members (excludes halogenated alkanes) is 3. The summed E-state index contributed by atoms with van der Waals surface area (Å²) in [7, 11) is 0. The maximum absolute atomic E-state index is 12.8. The van der Waals surface area contributed by atoms with Crippen LogP contribution in [0.2, 0.25) is 0 Å². The molecule has 1 aromatic carbocycles. The molecule has 0 amide bonds. The minimum absolute atomic E-state index is 0.00185. The molecule has 3 aromatic rings. The van der Waals surface area contributed by atoms with E-state index in [1.165, 1.54) is 10.9 Å². The highest BCUT2D eigenvalue weighted by molar-refractivity contribution is 7.71. The number of hydrogen-bond acceptors (Lipinski definition) is 3. The molecule has 0 fully saturated rings. The summed E-state index contributed by atoms with van der Waals surface area (Å²) >= 11 is 5.33. The second-order valence-corrected chi connectivity index (χ2v) is 7.91. The predicted octanol–water partition coefficient (Wildman–Crippen LogP) is 2.88. The molecule has 0 saturated heterocycles. The molecule has 1 atom stereocenters. The monoisotopic (exact) mass is 399 g/mol. The van der Waals surface area contributed by atoms with Crippen LogP contribution in [-0.2, 0) is 13.0 Å². The predicted molar refractivity (Wildman–Crippen MR) is 112 cm³/mol. The molecule has 0 aliphatic carbocycles. The summed E-state index contributed by atoms with van der Waals surface area (Å²) in [6.07, 6.45) is 5.24. The molecule has 148 valence electrons. The minimum atomic E-state index is -0.305. The van der Waals surface area contributed by atoms with Crippen molar-refractivity contribution in [2.45, 2.75) is 51.6 Å². The van der Waals surface area contributed by atoms with Gasteiger partial charge in [0.1, 0.15) is 5.56 Å². The Bertz CT molecular complexity index is 1110. The van der Waals surface area contributed by atoms with Crippen LogP contribution in [0.5, 0.6) is 5.88 Å². The molecule has 5 N–H and O–H groups in total. The van der Waals surface area contributed by atoms with Gasteiger partial charge in [-0.3, -0.25) is 14.3 Å². The number of aromatic nitrogens is 3. The summed E-state index contributed by atoms with van der Waals surface area (Å²) in [6, 6.07) is 7.93. The molecule has 4 rings (SSSR count). The van der Waals surface area contributed by atoms with Crippen LogP contribution in [0, 0.1) is 4.77 Å². The number of fused-ring (bicyclic) bond motifs is 3. The lowest BCUT2D eigenvalue weighted by Gasteiger charge is -2.22. The first kappa shape index (κ1) is 19.0. The van der Waals surface area contributed by atoms with Gasteiger partial charge in [0.2, 0.25) is 5.88 Å². The summed E-state index contributed by atoms with van der Waals surface area (Å²) in [5, 5.41) is 14.3. The van der Waals surface area contributed by atoms with Crippen LogP contribution in [0.1, 0.15) is 55.5 Å². The van der Waals surface area contributed by atoms with Crippen LogP contribution < -0.4 is 10.9 Å². The van der Waals surface area contributed by atoms with E-state index >= 15 is 0 Å². The number of rotatable bonds is 6. The molecular weight excluding hydrogens is 372 g/mol. The number of benzene rings is 1. The summed E-state index contributed by atoms with van der Waals surface area (Å²) in [6.45, 7) is 3.64. The molecule has 0 saturated carbocycles. The molecule has 0 bridgehead atoms. The Hall–Kier alpha value is -2.38. The molecule has 0 radical (unpaired) electrons. The van der Waals surface area contributed by atoms with Gasteiger partial charge in [-0.05, 0) is 30.3 Å². The lowest BCUT2D eigenvalue weighted by Crippen LogP contribution is -2.87. The van der Waals surface area contributed by atoms with Gasteiger partial charge >= 0.3 is 0 Å². The average Bonchev–Trinajstić information content (AvgIpc) is 3.07. The summed E-state index contributed by atoms with van der Waals surface area (Å²) in [5.41, 5.74) is 3.38. The SMILES string of the molecule is CCCCCCn1c(O)c([C@H]2[NH2+]CCc3c2[nH]c2ccccc32)c(=O)[nH]c1=S. The Morgan fingerprint density at radius 1 is 1.25 bits per heavy atom. The van der Waals surface area contributed by atoms with Crippen molar-refractivity contribution < 1.29 is 10.4 Å². The van der Waals surface area contributed by atoms with Gasteiger partial charge in [0.25, 0.3) is 5.56 Å². The number of nitrogens with one attached hydrogen (secondary N) is 2. The quantitative estimate of drug-likeness (QED) is 0.379. The van der Waals surface area contributed by atoms with Gasteiger partial charge in [-0.25, -0.2) is 0 Å². The van der Waals surface area contributed by atoms with Crippen LogP contribution in [0.4, 0.5) is 0 Å². The molecule has 0 spiro atoms. The Morgan fingerprint density at radius 3 is 2.89 bits per heavy atom. The Morgan fingerprint density at radius 2 is 2.07 bits per heavy atom. The van der Waals surface area contributed by atoms with Gasteiger partial charge in [-0.1, -0.05) is 44.4 Å². The van der Waals surface area contributed by atoms with Crippen molar-refractivity contribution in [2.24, 2.45) is 0 Å². The van der Waals surface area contributed by atoms with Crippen LogP contribution >= 0.6 is 12.2 Å². The van der Waals surface area contributed by atoms with Gasteiger partial charge in [-0.2, -0.15) is 0 Å². The molecular formula is C21H27N4O2S+. The number of aromatic amines is 2. The van der Waals surface area contributed by atoms with Gasteiger partial charge in [0.15, 0.2) is 10.8 Å². The molecule has 7 heteroatoms. The molecule has 28 heavy (non-hydrogen) atoms. The standard InChI is InChI=1S/C21H26N4O2S/c1-2-3-4-7-12-25-20(27)16(19(26)24-21(25)28)18-17-14(10-11-22-18)13-8-5-6-9-15(13)23-17/h5-6,8-9,18,22-23,27H,2-4,7,10-12H2,1H3,(H,24,26,28)/p+1/t18-/m1/s1. The number of hydrogen-bond donors (Lipinski definition) is 4. The topological polar surface area (TPSA) is 90.4 Å². The van der Waals surface area contributed by atoms with Crippen molar-refractivity contribution in [3.63, 3.8) is 0 Å². The Kier molecular flexibility index (Phi) is 5.37. The highest BCUT2D eigenvalue weighted by atomic mass is 32.1. The number of aromatic hydroxyl groups is 1. The third-order valence-corrected chi connectivity index (χ3v) is 6.03. The zero-order chi connectivity index (χ0) is 19.7. The van der Waals surface area contributed by atoms with E-state index in [9.17, 15) is 9.90 Å². The first-order valence-corrected chi connectivity index (χ1v) is 10.5. The number of quaternary nitrogens is 1. The molecule has 0 unspecified atom stereocenters. The normalized spacial score (nSPS) is 16.4. The second kappa shape index (κ2) is 7.93. The van der Waals surface area contributed by atoms with Gasteiger partial charge in [0, 0.05) is 23.9 Å². The fraction of sp³-hybridized carbons (Fsp3) is 0.429. The summed E-state index contributed by atoms with van der Waals surface area (Å²) in [4.78, 5) is 19.0. The van der Waals surface area contributed by atoms with Crippen molar-refractivity contribution in [3.05, 3.63) is 56.2 Å². The zero-order valence-corrected chi connectivity index (χ0v) is 16.9. The van der Waals surface area contributed by atoms with E-state index in [1.807, 2.05) is 12.1 Å². The van der Waals surface area contributed by atoms with E-state index in [0.29, 0.717) is 12.1 Å². The van der Waals surface area contributed by atoms with E-state index in [4.69, 9.17) is 12.2 Å². The van der Waals surface area contributed by atoms with Gasteiger partial charge in [-0.15, -0.1) is 0 Å². The lowest BCUT2D eigenvalue weighted by atomic mass is 9.95. The number of para-hydroxylation sites is 1. The molecule has 2 aromatic heterocycles. The summed E-state index contributed by atoms with van der Waals surface area (Å²) in [5.74, 6) is -0.00185. The van der Waals surface area contributed by atoms with Gasteiger partial charge < -0.3 is 15.4 Å². The van der Waals surface area contributed by atoms with E-state index in [1.54, 1.807) is 4.57 Å². The lowest BCUT2D eigenvalue weighted by molar-refractivity contribution is -0.690. The third kappa shape index (κ3) is 3.29. The maximum Gasteiger partial charge on any atom is 0.265 e. The minimum Gasteiger partial charge on any atom is -0.494 e. The number of nitrogens with zero attached hydrogens (tertiary/aromatic N) is 1. The maximum atomic E-state index is 12.8. The molecule has 1 aliphatic rings. The largest absolute Gasteiger partial charge is 0.494 e. The van der Waals surface area contributed by atoms with Crippen LogP contribution in [0.3, 0.4) is 0 Å². The Balaban J connectivity index is 1.78. The second-order valence-electron chi connectivity index (χ2n) is 7.52. The number of H-pyrrole nitrogens is 2. The smallest absolute Gasteiger partial charge is 0.265 e. The first-order chi connectivity index (χ1) is 13.6. The third-order valence-electron chi connectivity index (χ3n) is 5.71. The summed E-state index contributed by atoms with van der Waals surface area (Å²) < 4.78 is 1.96. The van der Waals surface area contributed by atoms with E-state index in [0.717, 1.165) is 49.9 Å². The zero-order valence-electron chi connectivity index (χ0n) is 16.1. The number of nitrogens with two attached hydrogens (primary N) is 1. The highest BCUT2D eigenvalue weighted by Gasteiger charge is 2.33. The van der Waals surface area contributed by atoms with Crippen LogP contribution in [0.15, 0.2) is 29.1 Å². The van der Waals surface area contributed by atoms with Gasteiger partial charge in [0.05, 0.1) is 12.2 Å². The molecule has 3 heterocycles. The van der Waals surface area contributed by atoms with Crippen LogP contribution in [-0.4, -0.2) is 26.2 Å². The van der Waals surface area contributed by atoms with Crippen molar-refractivity contribution >= 4 is 23.1 Å². The highest BCUT2D eigenvalue weighted by Crippen LogP contribution is 2.32. The van der Waals surface area contributed by atoms with Crippen molar-refractivity contribution in [1.29, 1.82) is 0 Å². The fourth-order valence-electron chi connectivity index (χ4n) is 4.29. The van der Waals surface area contributed by atoms with Crippen molar-refractivity contribution in [3.8, 4) is 5.88 Å². The van der Waals surface area contributed by atoms with Crippen LogP contribution in [0.25, 0.3) is 10.9 Å². The average molecular weight is 400 g/mol. The molecule has 6 nitrogen and oxygen atoms in total. The van der Waals surface area contributed by atoms with E-state index in [-0.39, 0.29) is 22.3 Å². The first-order valence-electron chi connectivity index (χ1n) is 10.1. The van der Waals surface area contributed by atoms with E-state index in [2.05, 4.69) is 34.3 Å². The Labute approximate surface area is 168 Å².